The molecule has 1 atom stereocenters. The quantitative estimate of drug-likeness (QED) is 0.598. The van der Waals surface area contributed by atoms with Gasteiger partial charge in [0.25, 0.3) is 0 Å². The number of aldehydes is 1. The molecular formula is C19H30O. The van der Waals surface area contributed by atoms with Gasteiger partial charge in [0.1, 0.15) is 6.29 Å². The lowest BCUT2D eigenvalue weighted by molar-refractivity contribution is -0.118. The summed E-state index contributed by atoms with van der Waals surface area (Å²) in [6, 6.07) is 0. The van der Waals surface area contributed by atoms with Gasteiger partial charge >= 0.3 is 0 Å². The van der Waals surface area contributed by atoms with Crippen molar-refractivity contribution in [3.05, 3.63) is 22.3 Å². The van der Waals surface area contributed by atoms with Crippen molar-refractivity contribution in [2.75, 3.05) is 0 Å². The van der Waals surface area contributed by atoms with Crippen LogP contribution in [0.3, 0.4) is 0 Å². The number of rotatable bonds is 2. The second-order valence-corrected chi connectivity index (χ2v) is 7.20. The first kappa shape index (κ1) is 15.5. The van der Waals surface area contributed by atoms with Crippen LogP contribution in [-0.2, 0) is 4.79 Å². The SMILES string of the molecule is CC(C)=C1CCCC(C=O)(C2CCCCC2)C1=C(C)C. The predicted octanol–water partition coefficient (Wildman–Crippen LogP) is 5.61. The van der Waals surface area contributed by atoms with Gasteiger partial charge in [-0.25, -0.2) is 0 Å². The van der Waals surface area contributed by atoms with Crippen LogP contribution in [-0.4, -0.2) is 6.29 Å². The maximum absolute atomic E-state index is 12.2. The van der Waals surface area contributed by atoms with E-state index in [-0.39, 0.29) is 5.41 Å². The van der Waals surface area contributed by atoms with Gasteiger partial charge in [-0.05, 0) is 76.9 Å². The standard InChI is InChI=1S/C19H30O/c1-14(2)17-11-8-12-19(13-20,18(17)15(3)4)16-9-6-5-7-10-16/h13,16H,5-12H2,1-4H3. The van der Waals surface area contributed by atoms with E-state index in [0.717, 1.165) is 12.8 Å². The molecule has 2 fully saturated rings. The molecule has 2 saturated carbocycles. The van der Waals surface area contributed by atoms with Gasteiger partial charge in [0.2, 0.25) is 0 Å². The molecule has 20 heavy (non-hydrogen) atoms. The van der Waals surface area contributed by atoms with Gasteiger partial charge < -0.3 is 4.79 Å². The zero-order valence-corrected chi connectivity index (χ0v) is 13.7. The van der Waals surface area contributed by atoms with Crippen molar-refractivity contribution >= 4 is 6.29 Å². The van der Waals surface area contributed by atoms with Crippen LogP contribution in [0.1, 0.15) is 79.1 Å². The highest BCUT2D eigenvalue weighted by Crippen LogP contribution is 2.53. The molecule has 2 aliphatic rings. The number of hydrogen-bond donors (Lipinski definition) is 0. The Labute approximate surface area is 124 Å². The molecule has 0 aliphatic heterocycles. The molecule has 0 aromatic carbocycles. The third-order valence-corrected chi connectivity index (χ3v) is 5.43. The molecule has 0 spiro atoms. The second kappa shape index (κ2) is 6.28. The van der Waals surface area contributed by atoms with Crippen molar-refractivity contribution in [3.8, 4) is 0 Å². The molecule has 0 saturated heterocycles. The summed E-state index contributed by atoms with van der Waals surface area (Å²) in [5.41, 5.74) is 5.48. The van der Waals surface area contributed by atoms with Crippen LogP contribution in [0.2, 0.25) is 0 Å². The average Bonchev–Trinajstić information content (AvgIpc) is 2.46. The largest absolute Gasteiger partial charge is 0.302 e. The van der Waals surface area contributed by atoms with Crippen molar-refractivity contribution in [1.82, 2.24) is 0 Å². The Morgan fingerprint density at radius 3 is 2.15 bits per heavy atom. The van der Waals surface area contributed by atoms with Gasteiger partial charge in [0.15, 0.2) is 0 Å². The number of hydrogen-bond acceptors (Lipinski definition) is 1. The van der Waals surface area contributed by atoms with E-state index in [9.17, 15) is 4.79 Å². The van der Waals surface area contributed by atoms with E-state index < -0.39 is 0 Å². The van der Waals surface area contributed by atoms with Crippen LogP contribution in [0.15, 0.2) is 22.3 Å². The predicted molar refractivity (Wildman–Crippen MR) is 85.7 cm³/mol. The molecule has 0 amide bonds. The molecule has 2 aliphatic carbocycles. The first-order valence-electron chi connectivity index (χ1n) is 8.34. The molecule has 2 rings (SSSR count). The Balaban J connectivity index is 2.51. The first-order chi connectivity index (χ1) is 9.53. The van der Waals surface area contributed by atoms with E-state index >= 15 is 0 Å². The van der Waals surface area contributed by atoms with Crippen LogP contribution in [0.25, 0.3) is 0 Å². The maximum Gasteiger partial charge on any atom is 0.130 e. The Bertz CT molecular complexity index is 427. The molecule has 112 valence electrons. The average molecular weight is 274 g/mol. The van der Waals surface area contributed by atoms with Gasteiger partial charge in [-0.3, -0.25) is 0 Å². The van der Waals surface area contributed by atoms with E-state index in [2.05, 4.69) is 27.7 Å². The van der Waals surface area contributed by atoms with Gasteiger partial charge in [-0.2, -0.15) is 0 Å². The van der Waals surface area contributed by atoms with Crippen LogP contribution < -0.4 is 0 Å². The lowest BCUT2D eigenvalue weighted by Crippen LogP contribution is -2.39. The van der Waals surface area contributed by atoms with Gasteiger partial charge in [0, 0.05) is 0 Å². The van der Waals surface area contributed by atoms with Crippen LogP contribution in [0.5, 0.6) is 0 Å². The minimum atomic E-state index is -0.176. The van der Waals surface area contributed by atoms with Gasteiger partial charge in [-0.15, -0.1) is 0 Å². The highest BCUT2D eigenvalue weighted by Gasteiger charge is 2.45. The fourth-order valence-electron chi connectivity index (χ4n) is 4.60. The van der Waals surface area contributed by atoms with Crippen molar-refractivity contribution in [3.63, 3.8) is 0 Å². The van der Waals surface area contributed by atoms with Crippen molar-refractivity contribution in [1.29, 1.82) is 0 Å². The molecular weight excluding hydrogens is 244 g/mol. The highest BCUT2D eigenvalue weighted by atomic mass is 16.1. The summed E-state index contributed by atoms with van der Waals surface area (Å²) in [5.74, 6) is 0.577. The zero-order valence-electron chi connectivity index (χ0n) is 13.7. The Hall–Kier alpha value is -0.850. The van der Waals surface area contributed by atoms with E-state index in [1.54, 1.807) is 0 Å². The molecule has 0 heterocycles. The smallest absolute Gasteiger partial charge is 0.130 e. The normalized spacial score (nSPS) is 28.4. The van der Waals surface area contributed by atoms with Crippen molar-refractivity contribution < 1.29 is 4.79 Å². The molecule has 1 unspecified atom stereocenters. The molecule has 0 aromatic rings. The molecule has 0 bridgehead atoms. The minimum Gasteiger partial charge on any atom is -0.302 e. The number of carbonyl (C=O) groups excluding carboxylic acids is 1. The van der Waals surface area contributed by atoms with Crippen LogP contribution in [0.4, 0.5) is 0 Å². The van der Waals surface area contributed by atoms with Gasteiger partial charge in [0.05, 0.1) is 5.41 Å². The number of allylic oxidation sites excluding steroid dienone is 4. The maximum atomic E-state index is 12.2. The second-order valence-electron chi connectivity index (χ2n) is 7.20. The third kappa shape index (κ3) is 2.64. The summed E-state index contributed by atoms with van der Waals surface area (Å²) in [7, 11) is 0. The summed E-state index contributed by atoms with van der Waals surface area (Å²) in [5, 5.41) is 0. The summed E-state index contributed by atoms with van der Waals surface area (Å²) in [6.07, 6.45) is 11.2. The van der Waals surface area contributed by atoms with Crippen LogP contribution in [0, 0.1) is 11.3 Å². The molecule has 1 heteroatoms. The topological polar surface area (TPSA) is 17.1 Å². The third-order valence-electron chi connectivity index (χ3n) is 5.43. The summed E-state index contributed by atoms with van der Waals surface area (Å²) >= 11 is 0. The van der Waals surface area contributed by atoms with Crippen molar-refractivity contribution in [2.24, 2.45) is 11.3 Å². The summed E-state index contributed by atoms with van der Waals surface area (Å²) < 4.78 is 0. The van der Waals surface area contributed by atoms with E-state index in [4.69, 9.17) is 0 Å². The Morgan fingerprint density at radius 1 is 1.00 bits per heavy atom. The van der Waals surface area contributed by atoms with E-state index in [1.165, 1.54) is 67.1 Å². The van der Waals surface area contributed by atoms with Crippen LogP contribution >= 0.6 is 0 Å². The number of carbonyl (C=O) groups is 1. The zero-order chi connectivity index (χ0) is 14.8. The van der Waals surface area contributed by atoms with Gasteiger partial charge in [-0.1, -0.05) is 30.4 Å². The van der Waals surface area contributed by atoms with E-state index in [0.29, 0.717) is 5.92 Å². The molecule has 0 N–H and O–H groups in total. The summed E-state index contributed by atoms with van der Waals surface area (Å²) in [4.78, 5) is 12.2. The molecule has 1 nitrogen and oxygen atoms in total. The minimum absolute atomic E-state index is 0.176. The van der Waals surface area contributed by atoms with Crippen molar-refractivity contribution in [2.45, 2.75) is 79.1 Å². The lowest BCUT2D eigenvalue weighted by Gasteiger charge is -2.45. The Kier molecular flexibility index (Phi) is 4.88. The monoisotopic (exact) mass is 274 g/mol. The molecule has 0 aromatic heterocycles. The summed E-state index contributed by atoms with van der Waals surface area (Å²) in [6.45, 7) is 8.81. The fraction of sp³-hybridized carbons (Fsp3) is 0.737. The van der Waals surface area contributed by atoms with E-state index in [1.807, 2.05) is 0 Å². The molecule has 0 radical (unpaired) electrons. The fourth-order valence-corrected chi connectivity index (χ4v) is 4.60. The lowest BCUT2D eigenvalue weighted by atomic mass is 9.57. The highest BCUT2D eigenvalue weighted by molar-refractivity contribution is 5.71. The first-order valence-corrected chi connectivity index (χ1v) is 8.34. The Morgan fingerprint density at radius 2 is 1.65 bits per heavy atom.